The highest BCUT2D eigenvalue weighted by molar-refractivity contribution is 7.80. The molecule has 0 bridgehead atoms. The van der Waals surface area contributed by atoms with Gasteiger partial charge in [-0.25, -0.2) is 0 Å². The van der Waals surface area contributed by atoms with Gasteiger partial charge in [0.1, 0.15) is 0 Å². The molecular formula is C14H20N2S. The quantitative estimate of drug-likeness (QED) is 0.756. The second kappa shape index (κ2) is 6.12. The second-order valence-electron chi connectivity index (χ2n) is 4.58. The van der Waals surface area contributed by atoms with E-state index in [0.717, 1.165) is 37.7 Å². The molecule has 0 radical (unpaired) electrons. The highest BCUT2D eigenvalue weighted by atomic mass is 32.1. The minimum atomic E-state index is 0.935. The van der Waals surface area contributed by atoms with Gasteiger partial charge < -0.3 is 4.90 Å². The van der Waals surface area contributed by atoms with E-state index in [0.29, 0.717) is 0 Å². The molecular weight excluding hydrogens is 228 g/mol. The first-order valence-corrected chi connectivity index (χ1v) is 6.74. The maximum Gasteiger partial charge on any atom is 0.0922 e. The van der Waals surface area contributed by atoms with Gasteiger partial charge in [-0.05, 0) is 12.0 Å². The summed E-state index contributed by atoms with van der Waals surface area (Å²) in [5.74, 6) is 0. The van der Waals surface area contributed by atoms with Crippen LogP contribution in [-0.2, 0) is 6.54 Å². The molecule has 92 valence electrons. The third-order valence-electron chi connectivity index (χ3n) is 3.14. The van der Waals surface area contributed by atoms with Gasteiger partial charge in [0.05, 0.1) is 4.99 Å². The molecule has 0 N–H and O–H groups in total. The fourth-order valence-corrected chi connectivity index (χ4v) is 2.61. The zero-order chi connectivity index (χ0) is 12.1. The third kappa shape index (κ3) is 3.51. The van der Waals surface area contributed by atoms with Crippen LogP contribution in [0.1, 0.15) is 18.9 Å². The van der Waals surface area contributed by atoms with Crippen molar-refractivity contribution >= 4 is 17.2 Å². The molecule has 1 aliphatic rings. The first kappa shape index (κ1) is 12.5. The molecule has 17 heavy (non-hydrogen) atoms. The summed E-state index contributed by atoms with van der Waals surface area (Å²) in [6, 6.07) is 10.6. The topological polar surface area (TPSA) is 6.48 Å². The summed E-state index contributed by atoms with van der Waals surface area (Å²) in [6.45, 7) is 7.47. The van der Waals surface area contributed by atoms with Gasteiger partial charge in [-0.1, -0.05) is 49.5 Å². The molecule has 1 aromatic carbocycles. The van der Waals surface area contributed by atoms with E-state index in [9.17, 15) is 0 Å². The van der Waals surface area contributed by atoms with Gasteiger partial charge in [-0.15, -0.1) is 0 Å². The Morgan fingerprint density at radius 3 is 2.59 bits per heavy atom. The zero-order valence-corrected chi connectivity index (χ0v) is 11.2. The van der Waals surface area contributed by atoms with Crippen molar-refractivity contribution < 1.29 is 0 Å². The Kier molecular flexibility index (Phi) is 4.51. The Bertz CT molecular complexity index is 364. The van der Waals surface area contributed by atoms with Crippen LogP contribution in [-0.4, -0.2) is 41.0 Å². The number of hydrogen-bond acceptors (Lipinski definition) is 2. The fraction of sp³-hybridized carbons (Fsp3) is 0.500. The van der Waals surface area contributed by atoms with Crippen LogP contribution in [0.4, 0.5) is 0 Å². The van der Waals surface area contributed by atoms with Crippen LogP contribution in [0.25, 0.3) is 0 Å². The van der Waals surface area contributed by atoms with Gasteiger partial charge in [0.15, 0.2) is 0 Å². The predicted octanol–water partition coefficient (Wildman–Crippen LogP) is 2.54. The number of hydrogen-bond donors (Lipinski definition) is 0. The van der Waals surface area contributed by atoms with Crippen molar-refractivity contribution in [2.24, 2.45) is 0 Å². The lowest BCUT2D eigenvalue weighted by atomic mass is 10.2. The summed E-state index contributed by atoms with van der Waals surface area (Å²) in [4.78, 5) is 5.88. The first-order chi connectivity index (χ1) is 8.29. The van der Waals surface area contributed by atoms with E-state index in [1.54, 1.807) is 0 Å². The maximum absolute atomic E-state index is 5.47. The van der Waals surface area contributed by atoms with Crippen LogP contribution in [0, 0.1) is 0 Å². The van der Waals surface area contributed by atoms with E-state index in [1.807, 2.05) is 0 Å². The molecule has 1 heterocycles. The highest BCUT2D eigenvalue weighted by Gasteiger charge is 2.19. The highest BCUT2D eigenvalue weighted by Crippen LogP contribution is 2.10. The van der Waals surface area contributed by atoms with Crippen molar-refractivity contribution in [1.29, 1.82) is 0 Å². The number of piperazine rings is 1. The molecule has 0 unspecified atom stereocenters. The molecule has 1 saturated heterocycles. The van der Waals surface area contributed by atoms with Gasteiger partial charge in [-0.3, -0.25) is 4.90 Å². The average molecular weight is 248 g/mol. The molecule has 1 aliphatic heterocycles. The standard InChI is InChI=1S/C14H20N2S/c1-2-8-16-10-9-15(12-14(16)17)11-13-6-4-3-5-7-13/h3-7H,2,8-12H2,1H3. The molecule has 0 atom stereocenters. The summed E-state index contributed by atoms with van der Waals surface area (Å²) >= 11 is 5.47. The van der Waals surface area contributed by atoms with Gasteiger partial charge in [0.2, 0.25) is 0 Å². The van der Waals surface area contributed by atoms with Crippen molar-refractivity contribution in [3.8, 4) is 0 Å². The smallest absolute Gasteiger partial charge is 0.0922 e. The van der Waals surface area contributed by atoms with Crippen LogP contribution >= 0.6 is 12.2 Å². The summed E-state index contributed by atoms with van der Waals surface area (Å²) in [6.07, 6.45) is 1.18. The molecule has 0 spiro atoms. The lowest BCUT2D eigenvalue weighted by Gasteiger charge is -2.36. The van der Waals surface area contributed by atoms with Crippen LogP contribution in [0.3, 0.4) is 0 Å². The van der Waals surface area contributed by atoms with Gasteiger partial charge in [0.25, 0.3) is 0 Å². The monoisotopic (exact) mass is 248 g/mol. The lowest BCUT2D eigenvalue weighted by Crippen LogP contribution is -2.49. The van der Waals surface area contributed by atoms with Crippen molar-refractivity contribution in [1.82, 2.24) is 9.80 Å². The zero-order valence-electron chi connectivity index (χ0n) is 10.4. The van der Waals surface area contributed by atoms with Crippen LogP contribution < -0.4 is 0 Å². The molecule has 0 saturated carbocycles. The molecule has 0 aromatic heterocycles. The Labute approximate surface area is 109 Å². The Hall–Kier alpha value is -0.930. The first-order valence-electron chi connectivity index (χ1n) is 6.33. The molecule has 2 nitrogen and oxygen atoms in total. The van der Waals surface area contributed by atoms with E-state index >= 15 is 0 Å². The van der Waals surface area contributed by atoms with E-state index < -0.39 is 0 Å². The average Bonchev–Trinajstić information content (AvgIpc) is 2.34. The predicted molar refractivity (Wildman–Crippen MR) is 76.2 cm³/mol. The number of thiocarbonyl (C=S) groups is 1. The summed E-state index contributed by atoms with van der Waals surface area (Å²) < 4.78 is 0. The third-order valence-corrected chi connectivity index (χ3v) is 3.53. The van der Waals surface area contributed by atoms with E-state index in [-0.39, 0.29) is 0 Å². The fourth-order valence-electron chi connectivity index (χ4n) is 2.24. The van der Waals surface area contributed by atoms with Crippen molar-refractivity contribution in [3.63, 3.8) is 0 Å². The number of benzene rings is 1. The normalized spacial score (nSPS) is 17.5. The summed E-state index contributed by atoms with van der Waals surface area (Å²) in [5.41, 5.74) is 1.37. The van der Waals surface area contributed by atoms with E-state index in [1.165, 1.54) is 12.0 Å². The Morgan fingerprint density at radius 1 is 1.18 bits per heavy atom. The summed E-state index contributed by atoms with van der Waals surface area (Å²) in [5, 5.41) is 0. The molecule has 1 fully saturated rings. The van der Waals surface area contributed by atoms with E-state index in [4.69, 9.17) is 12.2 Å². The van der Waals surface area contributed by atoms with Crippen molar-refractivity contribution in [2.75, 3.05) is 26.2 Å². The number of nitrogens with zero attached hydrogens (tertiary/aromatic N) is 2. The lowest BCUT2D eigenvalue weighted by molar-refractivity contribution is 0.227. The van der Waals surface area contributed by atoms with Crippen LogP contribution in [0.15, 0.2) is 30.3 Å². The molecule has 2 rings (SSSR count). The largest absolute Gasteiger partial charge is 0.364 e. The Morgan fingerprint density at radius 2 is 1.94 bits per heavy atom. The molecule has 3 heteroatoms. The maximum atomic E-state index is 5.47. The minimum Gasteiger partial charge on any atom is -0.364 e. The van der Waals surface area contributed by atoms with Crippen molar-refractivity contribution in [2.45, 2.75) is 19.9 Å². The van der Waals surface area contributed by atoms with Crippen molar-refractivity contribution in [3.05, 3.63) is 35.9 Å². The van der Waals surface area contributed by atoms with Crippen LogP contribution in [0.5, 0.6) is 0 Å². The number of rotatable bonds is 4. The van der Waals surface area contributed by atoms with Crippen LogP contribution in [0.2, 0.25) is 0 Å². The molecule has 0 amide bonds. The molecule has 1 aromatic rings. The second-order valence-corrected chi connectivity index (χ2v) is 5.05. The van der Waals surface area contributed by atoms with Gasteiger partial charge >= 0.3 is 0 Å². The van der Waals surface area contributed by atoms with E-state index in [2.05, 4.69) is 47.1 Å². The SMILES string of the molecule is CCCN1CCN(Cc2ccccc2)CC1=S. The van der Waals surface area contributed by atoms with Gasteiger partial charge in [-0.2, -0.15) is 0 Å². The Balaban J connectivity index is 1.87. The minimum absolute atomic E-state index is 0.935. The molecule has 0 aliphatic carbocycles. The summed E-state index contributed by atoms with van der Waals surface area (Å²) in [7, 11) is 0. The van der Waals surface area contributed by atoms with Gasteiger partial charge in [0, 0.05) is 32.7 Å².